The first kappa shape index (κ1) is 24.0. The SMILES string of the molecule is CCCC(=O)N1CCCC(C(=O)NCC(c2c(F)cccc2Cl)N2CCOC(C)C2)C1. The van der Waals surface area contributed by atoms with Gasteiger partial charge in [0.2, 0.25) is 11.8 Å². The molecule has 1 aromatic rings. The Morgan fingerprint density at radius 3 is 2.84 bits per heavy atom. The van der Waals surface area contributed by atoms with Crippen molar-refractivity contribution in [1.29, 1.82) is 0 Å². The number of piperidine rings is 1. The molecule has 31 heavy (non-hydrogen) atoms. The Balaban J connectivity index is 1.70. The molecule has 0 saturated carbocycles. The molecule has 2 aliphatic heterocycles. The summed E-state index contributed by atoms with van der Waals surface area (Å²) < 4.78 is 20.4. The summed E-state index contributed by atoms with van der Waals surface area (Å²) in [5.41, 5.74) is 0.405. The number of benzene rings is 1. The molecular weight excluding hydrogens is 421 g/mol. The monoisotopic (exact) mass is 453 g/mol. The Morgan fingerprint density at radius 1 is 1.32 bits per heavy atom. The number of nitrogens with one attached hydrogen (secondary N) is 1. The molecular formula is C23H33ClFN3O3. The van der Waals surface area contributed by atoms with Crippen LogP contribution in [-0.2, 0) is 14.3 Å². The van der Waals surface area contributed by atoms with E-state index in [4.69, 9.17) is 16.3 Å². The van der Waals surface area contributed by atoms with Gasteiger partial charge < -0.3 is 15.0 Å². The second-order valence-corrected chi connectivity index (χ2v) is 8.91. The zero-order valence-electron chi connectivity index (χ0n) is 18.4. The Kier molecular flexibility index (Phi) is 8.69. The van der Waals surface area contributed by atoms with Crippen LogP contribution in [0.25, 0.3) is 0 Å². The van der Waals surface area contributed by atoms with Crippen LogP contribution in [0.5, 0.6) is 0 Å². The third kappa shape index (κ3) is 6.18. The maximum Gasteiger partial charge on any atom is 0.224 e. The average molecular weight is 454 g/mol. The van der Waals surface area contributed by atoms with Gasteiger partial charge in [-0.3, -0.25) is 14.5 Å². The highest BCUT2D eigenvalue weighted by Crippen LogP contribution is 2.31. The molecule has 2 saturated heterocycles. The molecule has 8 heteroatoms. The van der Waals surface area contributed by atoms with Crippen LogP contribution >= 0.6 is 11.6 Å². The van der Waals surface area contributed by atoms with Gasteiger partial charge in [0.15, 0.2) is 0 Å². The standard InChI is InChI=1S/C23H33ClFN3O3/c1-3-6-21(29)28-10-5-7-17(15-28)23(30)26-13-20(27-11-12-31-16(2)14-27)22-18(24)8-4-9-19(22)25/h4,8-9,16-17,20H,3,5-7,10-15H2,1-2H3,(H,26,30). The molecule has 0 spiro atoms. The summed E-state index contributed by atoms with van der Waals surface area (Å²) in [4.78, 5) is 29.1. The maximum absolute atomic E-state index is 14.7. The normalized spacial score (nSPS) is 23.4. The second kappa shape index (κ2) is 11.2. The molecule has 2 amide bonds. The fourth-order valence-electron chi connectivity index (χ4n) is 4.50. The quantitative estimate of drug-likeness (QED) is 0.687. The largest absolute Gasteiger partial charge is 0.376 e. The molecule has 6 nitrogen and oxygen atoms in total. The smallest absolute Gasteiger partial charge is 0.224 e. The van der Waals surface area contributed by atoms with Crippen molar-refractivity contribution in [1.82, 2.24) is 15.1 Å². The highest BCUT2D eigenvalue weighted by molar-refractivity contribution is 6.31. The Hall–Kier alpha value is -1.70. The lowest BCUT2D eigenvalue weighted by molar-refractivity contribution is -0.135. The van der Waals surface area contributed by atoms with Gasteiger partial charge in [0.25, 0.3) is 0 Å². The molecule has 2 heterocycles. The van der Waals surface area contributed by atoms with Crippen LogP contribution in [-0.4, -0.2) is 67.0 Å². The summed E-state index contributed by atoms with van der Waals surface area (Å²) in [5.74, 6) is -0.596. The van der Waals surface area contributed by atoms with Gasteiger partial charge in [-0.1, -0.05) is 24.6 Å². The van der Waals surface area contributed by atoms with Crippen molar-refractivity contribution in [3.8, 4) is 0 Å². The van der Waals surface area contributed by atoms with Gasteiger partial charge in [-0.15, -0.1) is 0 Å². The van der Waals surface area contributed by atoms with Gasteiger partial charge in [0, 0.05) is 49.7 Å². The minimum absolute atomic E-state index is 0.0222. The molecule has 3 unspecified atom stereocenters. The van der Waals surface area contributed by atoms with Crippen molar-refractivity contribution >= 4 is 23.4 Å². The van der Waals surface area contributed by atoms with E-state index in [0.29, 0.717) is 49.8 Å². The Labute approximate surface area is 189 Å². The highest BCUT2D eigenvalue weighted by atomic mass is 35.5. The Morgan fingerprint density at radius 2 is 2.13 bits per heavy atom. The first-order chi connectivity index (χ1) is 14.9. The van der Waals surface area contributed by atoms with Crippen LogP contribution in [0.3, 0.4) is 0 Å². The van der Waals surface area contributed by atoms with E-state index < -0.39 is 0 Å². The van der Waals surface area contributed by atoms with Crippen molar-refractivity contribution in [2.45, 2.75) is 51.7 Å². The topological polar surface area (TPSA) is 61.9 Å². The van der Waals surface area contributed by atoms with E-state index >= 15 is 0 Å². The lowest BCUT2D eigenvalue weighted by atomic mass is 9.96. The van der Waals surface area contributed by atoms with Crippen LogP contribution in [0.4, 0.5) is 4.39 Å². The predicted octanol–water partition coefficient (Wildman–Crippen LogP) is 3.40. The zero-order chi connectivity index (χ0) is 22.4. The Bertz CT molecular complexity index is 758. The van der Waals surface area contributed by atoms with Crippen molar-refractivity contribution in [2.24, 2.45) is 5.92 Å². The summed E-state index contributed by atoms with van der Waals surface area (Å²) in [5, 5.41) is 3.38. The lowest BCUT2D eigenvalue weighted by Gasteiger charge is -2.38. The molecule has 0 bridgehead atoms. The first-order valence-electron chi connectivity index (χ1n) is 11.3. The van der Waals surface area contributed by atoms with E-state index in [-0.39, 0.29) is 42.2 Å². The van der Waals surface area contributed by atoms with Gasteiger partial charge in [-0.2, -0.15) is 0 Å². The fraction of sp³-hybridized carbons (Fsp3) is 0.652. The molecule has 0 aliphatic carbocycles. The molecule has 2 fully saturated rings. The summed E-state index contributed by atoms with van der Waals surface area (Å²) >= 11 is 6.37. The highest BCUT2D eigenvalue weighted by Gasteiger charge is 2.32. The van der Waals surface area contributed by atoms with Crippen molar-refractivity contribution in [3.05, 3.63) is 34.6 Å². The third-order valence-corrected chi connectivity index (χ3v) is 6.45. The zero-order valence-corrected chi connectivity index (χ0v) is 19.2. The molecule has 0 aromatic heterocycles. The number of morpholine rings is 1. The number of hydrogen-bond acceptors (Lipinski definition) is 4. The van der Waals surface area contributed by atoms with Gasteiger partial charge in [-0.25, -0.2) is 4.39 Å². The van der Waals surface area contributed by atoms with E-state index in [9.17, 15) is 14.0 Å². The minimum atomic E-state index is -0.384. The van der Waals surface area contributed by atoms with Crippen molar-refractivity contribution < 1.29 is 18.7 Å². The molecule has 3 atom stereocenters. The number of ether oxygens (including phenoxy) is 1. The number of carbonyl (C=O) groups is 2. The van der Waals surface area contributed by atoms with Crippen LogP contribution < -0.4 is 5.32 Å². The molecule has 3 rings (SSSR count). The van der Waals surface area contributed by atoms with Crippen LogP contribution in [0, 0.1) is 11.7 Å². The number of hydrogen-bond donors (Lipinski definition) is 1. The first-order valence-corrected chi connectivity index (χ1v) is 11.6. The van der Waals surface area contributed by atoms with E-state index in [0.717, 1.165) is 19.3 Å². The van der Waals surface area contributed by atoms with Crippen LogP contribution in [0.1, 0.15) is 51.1 Å². The number of carbonyl (C=O) groups excluding carboxylic acids is 2. The lowest BCUT2D eigenvalue weighted by Crippen LogP contribution is -2.49. The molecule has 1 N–H and O–H groups in total. The van der Waals surface area contributed by atoms with Crippen molar-refractivity contribution in [3.63, 3.8) is 0 Å². The number of rotatable bonds is 7. The van der Waals surface area contributed by atoms with Gasteiger partial charge in [-0.05, 0) is 38.3 Å². The third-order valence-electron chi connectivity index (χ3n) is 6.12. The number of likely N-dealkylation sites (tertiary alicyclic amines) is 1. The van der Waals surface area contributed by atoms with Crippen LogP contribution in [0.2, 0.25) is 5.02 Å². The number of amides is 2. The molecule has 2 aliphatic rings. The van der Waals surface area contributed by atoms with E-state index in [1.165, 1.54) is 6.07 Å². The average Bonchev–Trinajstić information content (AvgIpc) is 2.75. The second-order valence-electron chi connectivity index (χ2n) is 8.50. The maximum atomic E-state index is 14.7. The van der Waals surface area contributed by atoms with E-state index in [1.807, 2.05) is 13.8 Å². The van der Waals surface area contributed by atoms with Gasteiger partial charge in [0.1, 0.15) is 5.82 Å². The predicted molar refractivity (Wildman–Crippen MR) is 118 cm³/mol. The fourth-order valence-corrected chi connectivity index (χ4v) is 4.79. The summed E-state index contributed by atoms with van der Waals surface area (Å²) in [6, 6.07) is 4.28. The van der Waals surface area contributed by atoms with E-state index in [2.05, 4.69) is 10.2 Å². The molecule has 1 aromatic carbocycles. The molecule has 172 valence electrons. The van der Waals surface area contributed by atoms with Crippen molar-refractivity contribution in [2.75, 3.05) is 39.3 Å². The number of halogens is 2. The van der Waals surface area contributed by atoms with Crippen LogP contribution in [0.15, 0.2) is 18.2 Å². The minimum Gasteiger partial charge on any atom is -0.376 e. The summed E-state index contributed by atoms with van der Waals surface area (Å²) in [6.45, 7) is 7.19. The van der Waals surface area contributed by atoms with E-state index in [1.54, 1.807) is 17.0 Å². The van der Waals surface area contributed by atoms with Gasteiger partial charge in [0.05, 0.1) is 24.7 Å². The summed E-state index contributed by atoms with van der Waals surface area (Å²) in [7, 11) is 0. The molecule has 0 radical (unpaired) electrons. The van der Waals surface area contributed by atoms with Gasteiger partial charge >= 0.3 is 0 Å². The number of nitrogens with zero attached hydrogens (tertiary/aromatic N) is 2. The summed E-state index contributed by atoms with van der Waals surface area (Å²) in [6.07, 6.45) is 2.90.